The molecule has 1 aromatic rings. The Bertz CT molecular complexity index is 692. The highest BCUT2D eigenvalue weighted by molar-refractivity contribution is 7.88. The van der Waals surface area contributed by atoms with Crippen LogP contribution in [0.25, 0.3) is 0 Å². The lowest BCUT2D eigenvalue weighted by atomic mass is 10.1. The van der Waals surface area contributed by atoms with E-state index in [1.807, 2.05) is 0 Å². The molecular formula is C17H26N2O5S. The van der Waals surface area contributed by atoms with E-state index in [-0.39, 0.29) is 18.3 Å². The molecule has 2 rings (SSSR count). The fourth-order valence-corrected chi connectivity index (χ4v) is 4.75. The Labute approximate surface area is 149 Å². The van der Waals surface area contributed by atoms with Crippen LogP contribution < -0.4 is 4.74 Å². The summed E-state index contributed by atoms with van der Waals surface area (Å²) in [5.74, 6) is -0.284. The summed E-state index contributed by atoms with van der Waals surface area (Å²) in [6.07, 6.45) is 2.17. The maximum atomic E-state index is 12.7. The summed E-state index contributed by atoms with van der Waals surface area (Å²) in [6.45, 7) is 0.867. The third-order valence-corrected chi connectivity index (χ3v) is 6.39. The Kier molecular flexibility index (Phi) is 6.80. The highest BCUT2D eigenvalue weighted by Crippen LogP contribution is 2.21. The van der Waals surface area contributed by atoms with E-state index in [1.54, 1.807) is 43.3 Å². The first-order valence-electron chi connectivity index (χ1n) is 8.34. The topological polar surface area (TPSA) is 87.2 Å². The highest BCUT2D eigenvalue weighted by Gasteiger charge is 2.28. The van der Waals surface area contributed by atoms with Crippen LogP contribution in [0.15, 0.2) is 24.3 Å². The number of carbonyl (C=O) groups is 1. The largest absolute Gasteiger partial charge is 0.497 e. The van der Waals surface area contributed by atoms with Gasteiger partial charge in [-0.3, -0.25) is 9.69 Å². The van der Waals surface area contributed by atoms with Gasteiger partial charge < -0.3 is 9.84 Å². The molecule has 140 valence electrons. The summed E-state index contributed by atoms with van der Waals surface area (Å²) in [5.41, 5.74) is 0.697. The number of rotatable bonds is 7. The Hall–Kier alpha value is -1.64. The van der Waals surface area contributed by atoms with Gasteiger partial charge in [0.1, 0.15) is 5.75 Å². The SMILES string of the molecule is COc1cccc(CS(=O)(=O)N2CCCC(N(C)CC(=O)O)CC2)c1. The van der Waals surface area contributed by atoms with Gasteiger partial charge in [-0.25, -0.2) is 12.7 Å². The number of carboxylic acids is 1. The fourth-order valence-electron chi connectivity index (χ4n) is 3.18. The maximum absolute atomic E-state index is 12.7. The average Bonchev–Trinajstić information content (AvgIpc) is 2.80. The van der Waals surface area contributed by atoms with Gasteiger partial charge in [0.2, 0.25) is 10.0 Å². The minimum Gasteiger partial charge on any atom is -0.497 e. The molecule has 0 aromatic heterocycles. The number of aliphatic carboxylic acids is 1. The summed E-state index contributed by atoms with van der Waals surface area (Å²) in [6, 6.07) is 7.17. The van der Waals surface area contributed by atoms with Gasteiger partial charge in [-0.1, -0.05) is 12.1 Å². The van der Waals surface area contributed by atoms with Gasteiger partial charge in [0.15, 0.2) is 0 Å². The molecule has 1 fully saturated rings. The van der Waals surface area contributed by atoms with Crippen LogP contribution in [0.1, 0.15) is 24.8 Å². The number of benzene rings is 1. The number of sulfonamides is 1. The molecule has 1 unspecified atom stereocenters. The molecular weight excluding hydrogens is 344 g/mol. The predicted molar refractivity (Wildman–Crippen MR) is 95.1 cm³/mol. The predicted octanol–water partition coefficient (Wildman–Crippen LogP) is 1.40. The van der Waals surface area contributed by atoms with Crippen LogP contribution in [-0.2, 0) is 20.6 Å². The van der Waals surface area contributed by atoms with Gasteiger partial charge in [0.25, 0.3) is 0 Å². The zero-order chi connectivity index (χ0) is 18.4. The van der Waals surface area contributed by atoms with Crippen LogP contribution in [0.4, 0.5) is 0 Å². The van der Waals surface area contributed by atoms with Crippen molar-refractivity contribution >= 4 is 16.0 Å². The lowest BCUT2D eigenvalue weighted by Crippen LogP contribution is -2.37. The van der Waals surface area contributed by atoms with Crippen molar-refractivity contribution < 1.29 is 23.1 Å². The minimum absolute atomic E-state index is 0.0266. The molecule has 1 aliphatic heterocycles. The molecule has 25 heavy (non-hydrogen) atoms. The first-order valence-corrected chi connectivity index (χ1v) is 9.95. The Morgan fingerprint density at radius 2 is 2.12 bits per heavy atom. The minimum atomic E-state index is -3.41. The summed E-state index contributed by atoms with van der Waals surface area (Å²) < 4.78 is 32.2. The van der Waals surface area contributed by atoms with Crippen molar-refractivity contribution in [2.24, 2.45) is 0 Å². The molecule has 8 heteroatoms. The molecule has 1 heterocycles. The second-order valence-electron chi connectivity index (χ2n) is 6.40. The van der Waals surface area contributed by atoms with E-state index in [9.17, 15) is 13.2 Å². The van der Waals surface area contributed by atoms with Crippen LogP contribution in [0.2, 0.25) is 0 Å². The molecule has 1 N–H and O–H groups in total. The maximum Gasteiger partial charge on any atom is 0.317 e. The highest BCUT2D eigenvalue weighted by atomic mass is 32.2. The van der Waals surface area contributed by atoms with E-state index in [4.69, 9.17) is 9.84 Å². The quantitative estimate of drug-likeness (QED) is 0.781. The average molecular weight is 370 g/mol. The fraction of sp³-hybridized carbons (Fsp3) is 0.588. The smallest absolute Gasteiger partial charge is 0.317 e. The van der Waals surface area contributed by atoms with E-state index >= 15 is 0 Å². The molecule has 0 amide bonds. The second-order valence-corrected chi connectivity index (χ2v) is 8.37. The molecule has 1 atom stereocenters. The van der Waals surface area contributed by atoms with Crippen molar-refractivity contribution in [1.29, 1.82) is 0 Å². The van der Waals surface area contributed by atoms with Crippen LogP contribution in [0.5, 0.6) is 5.75 Å². The number of carboxylic acid groups (broad SMARTS) is 1. The van der Waals surface area contributed by atoms with E-state index in [2.05, 4.69) is 0 Å². The number of ether oxygens (including phenoxy) is 1. The molecule has 7 nitrogen and oxygen atoms in total. The summed E-state index contributed by atoms with van der Waals surface area (Å²) in [5, 5.41) is 8.91. The standard InChI is InChI=1S/C17H26N2O5S/c1-18(12-17(20)21)15-6-4-9-19(10-8-15)25(22,23)13-14-5-3-7-16(11-14)24-2/h3,5,7,11,15H,4,6,8-10,12-13H2,1-2H3,(H,20,21). The van der Waals surface area contributed by atoms with E-state index in [0.717, 1.165) is 12.8 Å². The lowest BCUT2D eigenvalue weighted by molar-refractivity contribution is -0.138. The second kappa shape index (κ2) is 8.64. The van der Waals surface area contributed by atoms with E-state index in [1.165, 1.54) is 4.31 Å². The van der Waals surface area contributed by atoms with Crippen molar-refractivity contribution in [3.63, 3.8) is 0 Å². The molecule has 1 saturated heterocycles. The van der Waals surface area contributed by atoms with Gasteiger partial charge in [0, 0.05) is 19.1 Å². The van der Waals surface area contributed by atoms with E-state index < -0.39 is 16.0 Å². The summed E-state index contributed by atoms with van der Waals surface area (Å²) >= 11 is 0. The van der Waals surface area contributed by atoms with Crippen molar-refractivity contribution in [3.05, 3.63) is 29.8 Å². The normalized spacial score (nSPS) is 19.6. The van der Waals surface area contributed by atoms with Gasteiger partial charge in [-0.05, 0) is 44.0 Å². The Balaban J connectivity index is 2.01. The summed E-state index contributed by atoms with van der Waals surface area (Å²) in [7, 11) is -0.0852. The van der Waals surface area contributed by atoms with Gasteiger partial charge in [0.05, 0.1) is 19.4 Å². The van der Waals surface area contributed by atoms with E-state index in [0.29, 0.717) is 30.8 Å². The van der Waals surface area contributed by atoms with Crippen LogP contribution in [0, 0.1) is 0 Å². The first kappa shape index (κ1) is 19.7. The van der Waals surface area contributed by atoms with Crippen molar-refractivity contribution in [3.8, 4) is 5.75 Å². The van der Waals surface area contributed by atoms with Crippen LogP contribution in [0.3, 0.4) is 0 Å². The Morgan fingerprint density at radius 3 is 2.80 bits per heavy atom. The molecule has 0 radical (unpaired) electrons. The zero-order valence-electron chi connectivity index (χ0n) is 14.7. The number of hydrogen-bond donors (Lipinski definition) is 1. The van der Waals surface area contributed by atoms with Crippen molar-refractivity contribution in [2.45, 2.75) is 31.1 Å². The van der Waals surface area contributed by atoms with Crippen molar-refractivity contribution in [1.82, 2.24) is 9.21 Å². The van der Waals surface area contributed by atoms with Crippen LogP contribution in [-0.4, -0.2) is 68.5 Å². The molecule has 0 bridgehead atoms. The molecule has 1 aromatic carbocycles. The number of hydrogen-bond acceptors (Lipinski definition) is 5. The van der Waals surface area contributed by atoms with Crippen LogP contribution >= 0.6 is 0 Å². The van der Waals surface area contributed by atoms with Gasteiger partial charge >= 0.3 is 5.97 Å². The lowest BCUT2D eigenvalue weighted by Gasteiger charge is -2.25. The number of likely N-dealkylation sites (N-methyl/N-ethyl adjacent to an activating group) is 1. The third-order valence-electron chi connectivity index (χ3n) is 4.54. The first-order chi connectivity index (χ1) is 11.8. The van der Waals surface area contributed by atoms with Gasteiger partial charge in [-0.2, -0.15) is 0 Å². The molecule has 1 aliphatic rings. The summed E-state index contributed by atoms with van der Waals surface area (Å²) in [4.78, 5) is 12.7. The monoisotopic (exact) mass is 370 g/mol. The number of nitrogens with zero attached hydrogens (tertiary/aromatic N) is 2. The molecule has 0 saturated carbocycles. The molecule has 0 aliphatic carbocycles. The Morgan fingerprint density at radius 1 is 1.36 bits per heavy atom. The number of methoxy groups -OCH3 is 1. The zero-order valence-corrected chi connectivity index (χ0v) is 15.5. The third kappa shape index (κ3) is 5.69. The van der Waals surface area contributed by atoms with Crippen molar-refractivity contribution in [2.75, 3.05) is 33.8 Å². The van der Waals surface area contributed by atoms with Gasteiger partial charge in [-0.15, -0.1) is 0 Å². The molecule has 0 spiro atoms.